The molecule has 2 rings (SSSR count). The standard InChI is InChI=1S/C15H18ClN3O2/c1-17(9-11-6-4-5-7-13(11)16)10-12-8-14(20)19(3)15(21)18(12)2/h4-8H,9-10H2,1-3H3. The van der Waals surface area contributed by atoms with E-state index in [4.69, 9.17) is 11.6 Å². The van der Waals surface area contributed by atoms with Gasteiger partial charge in [0.25, 0.3) is 5.56 Å². The van der Waals surface area contributed by atoms with Crippen LogP contribution < -0.4 is 11.2 Å². The van der Waals surface area contributed by atoms with Crippen molar-refractivity contribution < 1.29 is 0 Å². The van der Waals surface area contributed by atoms with E-state index in [-0.39, 0.29) is 11.2 Å². The van der Waals surface area contributed by atoms with Crippen molar-refractivity contribution in [3.63, 3.8) is 0 Å². The Hall–Kier alpha value is -1.85. The summed E-state index contributed by atoms with van der Waals surface area (Å²) in [6, 6.07) is 9.12. The van der Waals surface area contributed by atoms with E-state index in [9.17, 15) is 9.59 Å². The van der Waals surface area contributed by atoms with Gasteiger partial charge in [0.05, 0.1) is 0 Å². The Bertz CT molecular complexity index is 764. The van der Waals surface area contributed by atoms with Crippen molar-refractivity contribution >= 4 is 11.6 Å². The van der Waals surface area contributed by atoms with Crippen LogP contribution in [-0.2, 0) is 27.2 Å². The van der Waals surface area contributed by atoms with E-state index in [0.29, 0.717) is 23.8 Å². The summed E-state index contributed by atoms with van der Waals surface area (Å²) < 4.78 is 2.59. The number of nitrogens with zero attached hydrogens (tertiary/aromatic N) is 3. The van der Waals surface area contributed by atoms with Gasteiger partial charge in [0.1, 0.15) is 0 Å². The molecule has 0 aliphatic carbocycles. The number of rotatable bonds is 4. The molecule has 1 aromatic carbocycles. The highest BCUT2D eigenvalue weighted by molar-refractivity contribution is 6.31. The van der Waals surface area contributed by atoms with Gasteiger partial charge >= 0.3 is 5.69 Å². The predicted octanol–water partition coefficient (Wildman–Crippen LogP) is 1.37. The Morgan fingerprint density at radius 1 is 1.10 bits per heavy atom. The van der Waals surface area contributed by atoms with Crippen molar-refractivity contribution in [2.45, 2.75) is 13.1 Å². The minimum Gasteiger partial charge on any atom is -0.299 e. The Morgan fingerprint density at radius 3 is 2.43 bits per heavy atom. The van der Waals surface area contributed by atoms with Crippen molar-refractivity contribution in [1.82, 2.24) is 14.0 Å². The van der Waals surface area contributed by atoms with Crippen LogP contribution >= 0.6 is 11.6 Å². The van der Waals surface area contributed by atoms with Crippen molar-refractivity contribution in [1.29, 1.82) is 0 Å². The van der Waals surface area contributed by atoms with Crippen LogP contribution in [0.1, 0.15) is 11.3 Å². The fraction of sp³-hybridized carbons (Fsp3) is 0.333. The van der Waals surface area contributed by atoms with Gasteiger partial charge in [-0.1, -0.05) is 29.8 Å². The second-order valence-electron chi connectivity index (χ2n) is 5.14. The Balaban J connectivity index is 2.21. The molecule has 0 N–H and O–H groups in total. The maximum Gasteiger partial charge on any atom is 0.330 e. The first-order valence-electron chi connectivity index (χ1n) is 6.58. The van der Waals surface area contributed by atoms with Gasteiger partial charge in [-0.25, -0.2) is 4.79 Å². The lowest BCUT2D eigenvalue weighted by molar-refractivity contribution is 0.308. The molecule has 0 radical (unpaired) electrons. The van der Waals surface area contributed by atoms with E-state index in [1.165, 1.54) is 17.7 Å². The summed E-state index contributed by atoms with van der Waals surface area (Å²) in [5, 5.41) is 0.710. The Morgan fingerprint density at radius 2 is 1.76 bits per heavy atom. The monoisotopic (exact) mass is 307 g/mol. The summed E-state index contributed by atoms with van der Waals surface area (Å²) in [4.78, 5) is 25.6. The van der Waals surface area contributed by atoms with Crippen LogP contribution in [0, 0.1) is 0 Å². The lowest BCUT2D eigenvalue weighted by atomic mass is 10.2. The highest BCUT2D eigenvalue weighted by atomic mass is 35.5. The largest absolute Gasteiger partial charge is 0.330 e. The van der Waals surface area contributed by atoms with Crippen LogP contribution in [0.2, 0.25) is 5.02 Å². The number of hydrogen-bond donors (Lipinski definition) is 0. The summed E-state index contributed by atoms with van der Waals surface area (Å²) in [6.07, 6.45) is 0. The molecule has 0 aliphatic rings. The Labute approximate surface area is 128 Å². The van der Waals surface area contributed by atoms with Gasteiger partial charge in [-0.2, -0.15) is 0 Å². The molecule has 0 spiro atoms. The van der Waals surface area contributed by atoms with Crippen LogP contribution in [0.5, 0.6) is 0 Å². The lowest BCUT2D eigenvalue weighted by Crippen LogP contribution is -2.39. The SMILES string of the molecule is CN(Cc1ccccc1Cl)Cc1cc(=O)n(C)c(=O)n1C. The summed E-state index contributed by atoms with van der Waals surface area (Å²) in [5.41, 5.74) is 1.08. The molecule has 0 saturated carbocycles. The third-order valence-electron chi connectivity index (χ3n) is 3.46. The highest BCUT2D eigenvalue weighted by Gasteiger charge is 2.10. The molecule has 0 bridgehead atoms. The zero-order valence-electron chi connectivity index (χ0n) is 12.3. The molecule has 1 aromatic heterocycles. The van der Waals surface area contributed by atoms with Crippen molar-refractivity contribution in [3.8, 4) is 0 Å². The normalized spacial score (nSPS) is 11.1. The van der Waals surface area contributed by atoms with Crippen LogP contribution in [0.15, 0.2) is 39.9 Å². The second kappa shape index (κ2) is 6.28. The van der Waals surface area contributed by atoms with Gasteiger partial charge in [0.2, 0.25) is 0 Å². The highest BCUT2D eigenvalue weighted by Crippen LogP contribution is 2.17. The molecule has 1 heterocycles. The number of halogens is 1. The molecule has 21 heavy (non-hydrogen) atoms. The predicted molar refractivity (Wildman–Crippen MR) is 83.5 cm³/mol. The van der Waals surface area contributed by atoms with Gasteiger partial charge in [-0.3, -0.25) is 18.8 Å². The van der Waals surface area contributed by atoms with E-state index in [2.05, 4.69) is 0 Å². The van der Waals surface area contributed by atoms with Crippen molar-refractivity contribution in [2.75, 3.05) is 7.05 Å². The minimum absolute atomic E-state index is 0.292. The molecule has 6 heteroatoms. The summed E-state index contributed by atoms with van der Waals surface area (Å²) in [6.45, 7) is 1.14. The molecule has 2 aromatic rings. The van der Waals surface area contributed by atoms with Gasteiger partial charge < -0.3 is 0 Å². The topological polar surface area (TPSA) is 47.2 Å². The number of benzene rings is 1. The quantitative estimate of drug-likeness (QED) is 0.857. The third-order valence-corrected chi connectivity index (χ3v) is 3.82. The first-order valence-corrected chi connectivity index (χ1v) is 6.96. The summed E-state index contributed by atoms with van der Waals surface area (Å²) >= 11 is 6.14. The molecule has 0 fully saturated rings. The minimum atomic E-state index is -0.316. The summed E-state index contributed by atoms with van der Waals surface area (Å²) in [5.74, 6) is 0. The van der Waals surface area contributed by atoms with E-state index < -0.39 is 0 Å². The van der Waals surface area contributed by atoms with E-state index >= 15 is 0 Å². The first kappa shape index (κ1) is 15.5. The summed E-state index contributed by atoms with van der Waals surface area (Å²) in [7, 11) is 5.06. The van der Waals surface area contributed by atoms with Crippen LogP contribution in [-0.4, -0.2) is 21.1 Å². The molecule has 0 saturated heterocycles. The third kappa shape index (κ3) is 3.43. The molecule has 112 valence electrons. The molecule has 0 atom stereocenters. The number of aromatic nitrogens is 2. The zero-order chi connectivity index (χ0) is 15.6. The smallest absolute Gasteiger partial charge is 0.299 e. The number of hydrogen-bond acceptors (Lipinski definition) is 3. The fourth-order valence-electron chi connectivity index (χ4n) is 2.18. The van der Waals surface area contributed by atoms with Crippen LogP contribution in [0.25, 0.3) is 0 Å². The average Bonchev–Trinajstić information content (AvgIpc) is 2.45. The zero-order valence-corrected chi connectivity index (χ0v) is 13.1. The average molecular weight is 308 g/mol. The molecule has 5 nitrogen and oxygen atoms in total. The van der Waals surface area contributed by atoms with E-state index in [1.54, 1.807) is 7.05 Å². The first-order chi connectivity index (χ1) is 9.90. The molecule has 0 amide bonds. The van der Waals surface area contributed by atoms with Crippen LogP contribution in [0.3, 0.4) is 0 Å². The van der Waals surface area contributed by atoms with Gasteiger partial charge in [0, 0.05) is 44.0 Å². The van der Waals surface area contributed by atoms with Gasteiger partial charge in [-0.05, 0) is 18.7 Å². The van der Waals surface area contributed by atoms with Gasteiger partial charge in [0.15, 0.2) is 0 Å². The maximum atomic E-state index is 11.9. The lowest BCUT2D eigenvalue weighted by Gasteiger charge is -2.19. The molecule has 0 unspecified atom stereocenters. The molecular weight excluding hydrogens is 290 g/mol. The fourth-order valence-corrected chi connectivity index (χ4v) is 2.38. The molecule has 0 aliphatic heterocycles. The van der Waals surface area contributed by atoms with E-state index in [1.807, 2.05) is 36.2 Å². The van der Waals surface area contributed by atoms with Crippen molar-refractivity contribution in [3.05, 3.63) is 67.4 Å². The van der Waals surface area contributed by atoms with E-state index in [0.717, 1.165) is 10.1 Å². The Kier molecular flexibility index (Phi) is 4.65. The maximum absolute atomic E-state index is 11.9. The second-order valence-corrected chi connectivity index (χ2v) is 5.55. The van der Waals surface area contributed by atoms with Gasteiger partial charge in [-0.15, -0.1) is 0 Å². The van der Waals surface area contributed by atoms with Crippen LogP contribution in [0.4, 0.5) is 0 Å². The van der Waals surface area contributed by atoms with Crippen molar-refractivity contribution in [2.24, 2.45) is 14.1 Å². The molecular formula is C15H18ClN3O2.